The molecule has 0 aliphatic heterocycles. The molecule has 6 nitrogen and oxygen atoms in total. The van der Waals surface area contributed by atoms with Gasteiger partial charge in [-0.25, -0.2) is 0 Å². The van der Waals surface area contributed by atoms with Crippen LogP contribution in [0.1, 0.15) is 92.4 Å². The molecule has 0 bridgehead atoms. The van der Waals surface area contributed by atoms with Gasteiger partial charge in [-0.05, 0) is 105 Å². The Labute approximate surface area is 205 Å². The molecule has 2 N–H and O–H groups in total. The highest BCUT2D eigenvalue weighted by atomic mass is 16.5. The van der Waals surface area contributed by atoms with Gasteiger partial charge in [0.05, 0.1) is 18.8 Å². The number of hydrogen-bond acceptors (Lipinski definition) is 6. The first-order chi connectivity index (χ1) is 16.0. The predicted molar refractivity (Wildman–Crippen MR) is 129 cm³/mol. The highest BCUT2D eigenvalue weighted by molar-refractivity contribution is 5.69. The van der Waals surface area contributed by atoms with Crippen LogP contribution < -0.4 is 0 Å². The topological polar surface area (TPSA) is 93.1 Å². The number of carbonyl (C=O) groups is 2. The van der Waals surface area contributed by atoms with Crippen molar-refractivity contribution in [2.24, 2.45) is 46.3 Å². The zero-order chi connectivity index (χ0) is 24.8. The number of hydrogen-bond donors (Lipinski definition) is 2. The SMILES string of the molecule is CCOC(=O)CC[C@@H](C)[C@H]1CC[C@H]2C3C(C[C@H](O)[C@]12C)[C@@]1(C)CC[C@@H](OC(C)=O)C[C@H]1C[C@H]3O. The van der Waals surface area contributed by atoms with E-state index in [9.17, 15) is 19.8 Å². The van der Waals surface area contributed by atoms with Gasteiger partial charge in [-0.1, -0.05) is 20.8 Å². The quantitative estimate of drug-likeness (QED) is 0.546. The number of aliphatic hydroxyl groups is 2. The molecule has 6 heteroatoms. The standard InChI is InChI=1S/C28H46O6/c1-6-33-25(32)10-7-16(2)20-8-9-21-26-22(15-24(31)28(20,21)5)27(4)12-11-19(34-17(3)29)13-18(27)14-23(26)30/h16,18-24,26,30-31H,6-15H2,1-5H3/t16-,18+,19-,20-,21+,22?,23-,24+,26?,27+,28-/m1/s1. The van der Waals surface area contributed by atoms with Crippen LogP contribution in [0.3, 0.4) is 0 Å². The van der Waals surface area contributed by atoms with Gasteiger partial charge in [0.2, 0.25) is 0 Å². The Kier molecular flexibility index (Phi) is 7.42. The Morgan fingerprint density at radius 1 is 1.06 bits per heavy atom. The third-order valence-corrected chi connectivity index (χ3v) is 10.9. The maximum atomic E-state index is 11.9. The summed E-state index contributed by atoms with van der Waals surface area (Å²) in [5, 5.41) is 23.2. The van der Waals surface area contributed by atoms with Gasteiger partial charge < -0.3 is 19.7 Å². The van der Waals surface area contributed by atoms with Crippen molar-refractivity contribution in [2.75, 3.05) is 6.61 Å². The highest BCUT2D eigenvalue weighted by Crippen LogP contribution is 2.68. The largest absolute Gasteiger partial charge is 0.466 e. The van der Waals surface area contributed by atoms with Crippen LogP contribution in [-0.4, -0.2) is 47.1 Å². The molecule has 34 heavy (non-hydrogen) atoms. The molecule has 0 saturated heterocycles. The Hall–Kier alpha value is -1.14. The van der Waals surface area contributed by atoms with Crippen LogP contribution in [0.25, 0.3) is 0 Å². The lowest BCUT2D eigenvalue weighted by atomic mass is 9.43. The first kappa shape index (κ1) is 25.9. The molecule has 0 amide bonds. The number of carbonyl (C=O) groups excluding carboxylic acids is 2. The number of rotatable bonds is 6. The van der Waals surface area contributed by atoms with Crippen molar-refractivity contribution in [2.45, 2.75) is 111 Å². The number of aliphatic hydroxyl groups excluding tert-OH is 2. The molecule has 2 unspecified atom stereocenters. The van der Waals surface area contributed by atoms with Gasteiger partial charge in [-0.2, -0.15) is 0 Å². The number of esters is 2. The third-order valence-electron chi connectivity index (χ3n) is 10.9. The molecule has 4 fully saturated rings. The monoisotopic (exact) mass is 478 g/mol. The second-order valence-corrected chi connectivity index (χ2v) is 12.4. The highest BCUT2D eigenvalue weighted by Gasteiger charge is 2.65. The molecule has 0 aromatic carbocycles. The van der Waals surface area contributed by atoms with Crippen molar-refractivity contribution in [1.82, 2.24) is 0 Å². The van der Waals surface area contributed by atoms with E-state index in [1.54, 1.807) is 0 Å². The molecule has 0 aromatic heterocycles. The number of fused-ring (bicyclic) bond motifs is 5. The summed E-state index contributed by atoms with van der Waals surface area (Å²) >= 11 is 0. The molecular formula is C28H46O6. The fourth-order valence-electron chi connectivity index (χ4n) is 9.24. The smallest absolute Gasteiger partial charge is 0.305 e. The zero-order valence-electron chi connectivity index (χ0n) is 21.8. The van der Waals surface area contributed by atoms with Gasteiger partial charge >= 0.3 is 11.9 Å². The van der Waals surface area contributed by atoms with Gasteiger partial charge in [-0.3, -0.25) is 9.59 Å². The van der Waals surface area contributed by atoms with Gasteiger partial charge in [-0.15, -0.1) is 0 Å². The van der Waals surface area contributed by atoms with Crippen LogP contribution in [0.2, 0.25) is 0 Å². The summed E-state index contributed by atoms with van der Waals surface area (Å²) in [4.78, 5) is 23.5. The Balaban J connectivity index is 1.52. The Morgan fingerprint density at radius 3 is 2.47 bits per heavy atom. The first-order valence-corrected chi connectivity index (χ1v) is 13.7. The van der Waals surface area contributed by atoms with Gasteiger partial charge in [0.15, 0.2) is 0 Å². The van der Waals surface area contributed by atoms with Crippen molar-refractivity contribution in [1.29, 1.82) is 0 Å². The van der Waals surface area contributed by atoms with Crippen molar-refractivity contribution in [3.8, 4) is 0 Å². The molecule has 4 aliphatic rings. The maximum Gasteiger partial charge on any atom is 0.305 e. The summed E-state index contributed by atoms with van der Waals surface area (Å²) in [6, 6.07) is 0. The van der Waals surface area contributed by atoms with Crippen LogP contribution in [0.5, 0.6) is 0 Å². The van der Waals surface area contributed by atoms with Gasteiger partial charge in [0.25, 0.3) is 0 Å². The first-order valence-electron chi connectivity index (χ1n) is 13.7. The Bertz CT molecular complexity index is 768. The lowest BCUT2D eigenvalue weighted by molar-refractivity contribution is -0.209. The maximum absolute atomic E-state index is 11.9. The molecule has 11 atom stereocenters. The van der Waals surface area contributed by atoms with Crippen LogP contribution in [0, 0.1) is 46.3 Å². The van der Waals surface area contributed by atoms with Crippen LogP contribution >= 0.6 is 0 Å². The van der Waals surface area contributed by atoms with E-state index in [0.717, 1.165) is 51.4 Å². The van der Waals surface area contributed by atoms with Crippen LogP contribution in [-0.2, 0) is 19.1 Å². The summed E-state index contributed by atoms with van der Waals surface area (Å²) in [6.45, 7) is 10.6. The number of ether oxygens (including phenoxy) is 2. The van der Waals surface area contributed by atoms with E-state index in [1.807, 2.05) is 6.92 Å². The molecule has 194 valence electrons. The third kappa shape index (κ3) is 4.31. The summed E-state index contributed by atoms with van der Waals surface area (Å²) in [5.41, 5.74) is -0.162. The second-order valence-electron chi connectivity index (χ2n) is 12.4. The minimum atomic E-state index is -0.398. The van der Waals surface area contributed by atoms with E-state index in [-0.39, 0.29) is 40.9 Å². The van der Waals surface area contributed by atoms with Crippen molar-refractivity contribution in [3.63, 3.8) is 0 Å². The van der Waals surface area contributed by atoms with Crippen LogP contribution in [0.15, 0.2) is 0 Å². The van der Waals surface area contributed by atoms with Crippen molar-refractivity contribution >= 4 is 11.9 Å². The van der Waals surface area contributed by atoms with Gasteiger partial charge in [0.1, 0.15) is 6.10 Å². The normalized spacial score (nSPS) is 46.6. The molecule has 0 radical (unpaired) electrons. The molecular weight excluding hydrogens is 432 g/mol. The molecule has 0 heterocycles. The lowest BCUT2D eigenvalue weighted by Crippen LogP contribution is -2.62. The lowest BCUT2D eigenvalue weighted by Gasteiger charge is -2.63. The average Bonchev–Trinajstić information content (AvgIpc) is 3.12. The minimum absolute atomic E-state index is 0.0470. The fraction of sp³-hybridized carbons (Fsp3) is 0.929. The molecule has 0 spiro atoms. The van der Waals surface area contributed by atoms with Crippen LogP contribution in [0.4, 0.5) is 0 Å². The molecule has 0 aromatic rings. The van der Waals surface area contributed by atoms with E-state index in [2.05, 4.69) is 20.8 Å². The van der Waals surface area contributed by atoms with Gasteiger partial charge in [0, 0.05) is 13.3 Å². The van der Waals surface area contributed by atoms with Crippen molar-refractivity contribution < 1.29 is 29.3 Å². The average molecular weight is 479 g/mol. The van der Waals surface area contributed by atoms with Crippen molar-refractivity contribution in [3.05, 3.63) is 0 Å². The van der Waals surface area contributed by atoms with E-state index in [4.69, 9.17) is 9.47 Å². The predicted octanol–water partition coefficient (Wildman–Crippen LogP) is 4.50. The molecule has 4 aliphatic carbocycles. The zero-order valence-corrected chi connectivity index (χ0v) is 21.8. The summed E-state index contributed by atoms with van der Waals surface area (Å²) < 4.78 is 10.7. The minimum Gasteiger partial charge on any atom is -0.466 e. The summed E-state index contributed by atoms with van der Waals surface area (Å²) in [6.07, 6.45) is 6.67. The summed E-state index contributed by atoms with van der Waals surface area (Å²) in [7, 11) is 0. The fourth-order valence-corrected chi connectivity index (χ4v) is 9.24. The van der Waals surface area contributed by atoms with E-state index in [0.29, 0.717) is 42.6 Å². The molecule has 4 saturated carbocycles. The second kappa shape index (κ2) is 9.72. The van der Waals surface area contributed by atoms with E-state index in [1.165, 1.54) is 6.92 Å². The molecule has 4 rings (SSSR count). The van der Waals surface area contributed by atoms with E-state index >= 15 is 0 Å². The van der Waals surface area contributed by atoms with E-state index < -0.39 is 6.10 Å². The Morgan fingerprint density at radius 2 is 1.79 bits per heavy atom. The summed E-state index contributed by atoms with van der Waals surface area (Å²) in [5.74, 6) is 1.44.